The number of alkyl halides is 1. The average Bonchev–Trinajstić information content (AvgIpc) is 2.80. The molecule has 0 aliphatic rings. The molecule has 0 fully saturated rings. The van der Waals surface area contributed by atoms with Gasteiger partial charge in [-0.25, -0.2) is 4.79 Å². The van der Waals surface area contributed by atoms with Gasteiger partial charge in [0.1, 0.15) is 11.4 Å². The van der Waals surface area contributed by atoms with Gasteiger partial charge in [0.15, 0.2) is 0 Å². The number of halogens is 1. The predicted molar refractivity (Wildman–Crippen MR) is 89.1 cm³/mol. The van der Waals surface area contributed by atoms with Crippen LogP contribution in [0.4, 0.5) is 4.79 Å². The fourth-order valence-electron chi connectivity index (χ4n) is 2.57. The Balaban J connectivity index is 2.66. The number of ether oxygens (including phenoxy) is 2. The van der Waals surface area contributed by atoms with Gasteiger partial charge in [-0.05, 0) is 52.3 Å². The van der Waals surface area contributed by atoms with Crippen LogP contribution in [0.25, 0.3) is 10.9 Å². The summed E-state index contributed by atoms with van der Waals surface area (Å²) in [5.74, 6) is 0.731. The van der Waals surface area contributed by atoms with Gasteiger partial charge in [0, 0.05) is 17.1 Å². The molecule has 0 bridgehead atoms. The Morgan fingerprint density at radius 2 is 2.00 bits per heavy atom. The van der Waals surface area contributed by atoms with Crippen molar-refractivity contribution in [1.29, 1.82) is 0 Å². The first-order valence-corrected chi connectivity index (χ1v) is 7.65. The Labute approximate surface area is 136 Å². The summed E-state index contributed by atoms with van der Waals surface area (Å²) in [6.45, 7) is 9.36. The topological polar surface area (TPSA) is 40.5 Å². The highest BCUT2D eigenvalue weighted by atomic mass is 35.5. The van der Waals surface area contributed by atoms with Gasteiger partial charge in [-0.15, -0.1) is 11.6 Å². The van der Waals surface area contributed by atoms with E-state index in [0.717, 1.165) is 27.8 Å². The molecule has 1 unspecified atom stereocenters. The molecule has 1 aromatic heterocycles. The maximum atomic E-state index is 12.4. The molecule has 2 rings (SSSR count). The number of fused-ring (bicyclic) bond motifs is 1. The first kappa shape index (κ1) is 16.7. The average molecular weight is 324 g/mol. The fraction of sp³-hybridized carbons (Fsp3) is 0.471. The monoisotopic (exact) mass is 323 g/mol. The Hall–Kier alpha value is -1.68. The molecule has 1 atom stereocenters. The van der Waals surface area contributed by atoms with Crippen LogP contribution in [0.3, 0.4) is 0 Å². The number of methoxy groups -OCH3 is 1. The molecular formula is C17H22ClNO3. The summed E-state index contributed by atoms with van der Waals surface area (Å²) < 4.78 is 12.4. The zero-order valence-corrected chi connectivity index (χ0v) is 14.6. The standard InChI is InChI=1S/C17H22ClNO3/c1-10-9-13(21-6)14(11(2)18)12-7-8-19(15(10)12)16(20)22-17(3,4)5/h7-9,11H,1-6H3. The molecule has 1 aromatic carbocycles. The highest BCUT2D eigenvalue weighted by Crippen LogP contribution is 2.38. The van der Waals surface area contributed by atoms with Crippen LogP contribution in [-0.4, -0.2) is 23.4 Å². The number of rotatable bonds is 2. The van der Waals surface area contributed by atoms with Crippen molar-refractivity contribution in [3.8, 4) is 5.75 Å². The number of hydrogen-bond acceptors (Lipinski definition) is 3. The van der Waals surface area contributed by atoms with Crippen molar-refractivity contribution >= 4 is 28.6 Å². The van der Waals surface area contributed by atoms with E-state index in [-0.39, 0.29) is 5.38 Å². The Morgan fingerprint density at radius 1 is 1.36 bits per heavy atom. The van der Waals surface area contributed by atoms with E-state index in [2.05, 4.69) is 0 Å². The Morgan fingerprint density at radius 3 is 2.50 bits per heavy atom. The lowest BCUT2D eigenvalue weighted by atomic mass is 10.0. The number of hydrogen-bond donors (Lipinski definition) is 0. The van der Waals surface area contributed by atoms with Gasteiger partial charge in [-0.2, -0.15) is 0 Å². The van der Waals surface area contributed by atoms with Crippen molar-refractivity contribution < 1.29 is 14.3 Å². The molecule has 0 aliphatic carbocycles. The van der Waals surface area contributed by atoms with E-state index < -0.39 is 11.7 Å². The smallest absolute Gasteiger partial charge is 0.419 e. The second-order valence-corrected chi connectivity index (χ2v) is 7.01. The zero-order valence-electron chi connectivity index (χ0n) is 13.9. The molecule has 0 amide bonds. The van der Waals surface area contributed by atoms with Crippen molar-refractivity contribution in [1.82, 2.24) is 4.57 Å². The van der Waals surface area contributed by atoms with Crippen LogP contribution in [0.2, 0.25) is 0 Å². The number of carbonyl (C=O) groups excluding carboxylic acids is 1. The third-order valence-electron chi connectivity index (χ3n) is 3.37. The molecule has 22 heavy (non-hydrogen) atoms. The van der Waals surface area contributed by atoms with Crippen molar-refractivity contribution in [3.63, 3.8) is 0 Å². The molecule has 2 aromatic rings. The van der Waals surface area contributed by atoms with E-state index in [1.807, 2.05) is 46.8 Å². The SMILES string of the molecule is COc1cc(C)c2c(ccn2C(=O)OC(C)(C)C)c1C(C)Cl. The molecule has 120 valence electrons. The van der Waals surface area contributed by atoms with E-state index in [4.69, 9.17) is 21.1 Å². The lowest BCUT2D eigenvalue weighted by Gasteiger charge is -2.20. The maximum absolute atomic E-state index is 12.4. The van der Waals surface area contributed by atoms with Crippen LogP contribution < -0.4 is 4.74 Å². The molecule has 0 saturated carbocycles. The van der Waals surface area contributed by atoms with Crippen LogP contribution in [0.15, 0.2) is 18.3 Å². The lowest BCUT2D eigenvalue weighted by Crippen LogP contribution is -2.26. The van der Waals surface area contributed by atoms with Crippen LogP contribution in [0.5, 0.6) is 5.75 Å². The maximum Gasteiger partial charge on any atom is 0.419 e. The molecule has 5 heteroatoms. The van der Waals surface area contributed by atoms with E-state index in [1.165, 1.54) is 4.57 Å². The summed E-state index contributed by atoms with van der Waals surface area (Å²) in [7, 11) is 1.62. The van der Waals surface area contributed by atoms with E-state index >= 15 is 0 Å². The van der Waals surface area contributed by atoms with Crippen molar-refractivity contribution in [2.24, 2.45) is 0 Å². The number of benzene rings is 1. The molecular weight excluding hydrogens is 302 g/mol. The first-order chi connectivity index (χ1) is 10.2. The minimum absolute atomic E-state index is 0.229. The predicted octanol–water partition coefficient (Wildman–Crippen LogP) is 5.04. The van der Waals surface area contributed by atoms with Gasteiger partial charge >= 0.3 is 6.09 Å². The normalized spacial score (nSPS) is 13.2. The largest absolute Gasteiger partial charge is 0.496 e. The molecule has 0 aliphatic heterocycles. The Bertz CT molecular complexity index is 711. The quantitative estimate of drug-likeness (QED) is 0.727. The van der Waals surface area contributed by atoms with Gasteiger partial charge in [0.2, 0.25) is 0 Å². The number of carbonyl (C=O) groups is 1. The molecule has 0 N–H and O–H groups in total. The van der Waals surface area contributed by atoms with Gasteiger partial charge < -0.3 is 9.47 Å². The molecule has 0 radical (unpaired) electrons. The highest BCUT2D eigenvalue weighted by molar-refractivity contribution is 6.22. The summed E-state index contributed by atoms with van der Waals surface area (Å²) in [6.07, 6.45) is 1.32. The highest BCUT2D eigenvalue weighted by Gasteiger charge is 2.23. The van der Waals surface area contributed by atoms with Gasteiger partial charge in [0.05, 0.1) is 18.0 Å². The first-order valence-electron chi connectivity index (χ1n) is 7.21. The van der Waals surface area contributed by atoms with Crippen LogP contribution in [0, 0.1) is 6.92 Å². The molecule has 4 nitrogen and oxygen atoms in total. The minimum Gasteiger partial charge on any atom is -0.496 e. The second-order valence-electron chi connectivity index (χ2n) is 6.35. The van der Waals surface area contributed by atoms with E-state index in [1.54, 1.807) is 13.3 Å². The van der Waals surface area contributed by atoms with Crippen LogP contribution >= 0.6 is 11.6 Å². The second kappa shape index (κ2) is 5.84. The van der Waals surface area contributed by atoms with Crippen LogP contribution in [-0.2, 0) is 4.74 Å². The fourth-order valence-corrected chi connectivity index (χ4v) is 2.80. The molecule has 1 heterocycles. The summed E-state index contributed by atoms with van der Waals surface area (Å²) in [5.41, 5.74) is 2.07. The third-order valence-corrected chi connectivity index (χ3v) is 3.59. The van der Waals surface area contributed by atoms with Crippen molar-refractivity contribution in [2.75, 3.05) is 7.11 Å². The van der Waals surface area contributed by atoms with Crippen molar-refractivity contribution in [3.05, 3.63) is 29.5 Å². The summed E-state index contributed by atoms with van der Waals surface area (Å²) in [6, 6.07) is 3.78. The zero-order chi connectivity index (χ0) is 16.7. The Kier molecular flexibility index (Phi) is 4.43. The summed E-state index contributed by atoms with van der Waals surface area (Å²) in [5, 5.41) is 0.678. The number of nitrogens with zero attached hydrogens (tertiary/aromatic N) is 1. The van der Waals surface area contributed by atoms with Crippen LogP contribution in [0.1, 0.15) is 44.2 Å². The third kappa shape index (κ3) is 3.07. The number of aromatic nitrogens is 1. The van der Waals surface area contributed by atoms with Gasteiger partial charge in [-0.1, -0.05) is 0 Å². The lowest BCUT2D eigenvalue weighted by molar-refractivity contribution is 0.0544. The van der Waals surface area contributed by atoms with E-state index in [9.17, 15) is 4.79 Å². The van der Waals surface area contributed by atoms with Crippen molar-refractivity contribution in [2.45, 2.75) is 45.6 Å². The van der Waals surface area contributed by atoms with Gasteiger partial charge in [0.25, 0.3) is 0 Å². The minimum atomic E-state index is -0.545. The van der Waals surface area contributed by atoms with Gasteiger partial charge in [-0.3, -0.25) is 4.57 Å². The molecule has 0 saturated heterocycles. The van der Waals surface area contributed by atoms with E-state index in [0.29, 0.717) is 0 Å². The summed E-state index contributed by atoms with van der Waals surface area (Å²) >= 11 is 6.31. The molecule has 0 spiro atoms. The number of aryl methyl sites for hydroxylation is 1. The summed E-state index contributed by atoms with van der Waals surface area (Å²) in [4.78, 5) is 12.4.